The highest BCUT2D eigenvalue weighted by atomic mass is 35.5. The van der Waals surface area contributed by atoms with Crippen molar-refractivity contribution in [3.63, 3.8) is 0 Å². The number of nitrogens with one attached hydrogen (secondary N) is 1. The maximum atomic E-state index is 11.9. The number of hydrogen-bond donors (Lipinski definition) is 2. The molecule has 0 aromatic heterocycles. The fraction of sp³-hybridized carbons (Fsp3) is 0.455. The van der Waals surface area contributed by atoms with E-state index in [1.54, 1.807) is 32.0 Å². The summed E-state index contributed by atoms with van der Waals surface area (Å²) in [5, 5.41) is 0.887. The molecule has 7 heteroatoms. The summed E-state index contributed by atoms with van der Waals surface area (Å²) in [6.45, 7) is 3.17. The van der Waals surface area contributed by atoms with E-state index in [-0.39, 0.29) is 0 Å². The monoisotopic (exact) mass is 310 g/mol. The van der Waals surface area contributed by atoms with E-state index in [1.807, 2.05) is 0 Å². The van der Waals surface area contributed by atoms with Crippen LogP contribution in [-0.4, -0.2) is 19.4 Å². The second kappa shape index (κ2) is 5.35. The van der Waals surface area contributed by atoms with Gasteiger partial charge in [-0.1, -0.05) is 23.2 Å². The van der Waals surface area contributed by atoms with Crippen molar-refractivity contribution in [1.82, 2.24) is 5.43 Å². The highest BCUT2D eigenvalue weighted by Gasteiger charge is 2.40. The van der Waals surface area contributed by atoms with E-state index < -0.39 is 20.6 Å². The van der Waals surface area contributed by atoms with Gasteiger partial charge in [0, 0.05) is 16.3 Å². The van der Waals surface area contributed by atoms with E-state index in [2.05, 4.69) is 5.43 Å². The molecule has 4 nitrogen and oxygen atoms in total. The summed E-state index contributed by atoms with van der Waals surface area (Å²) < 4.78 is 22.6. The van der Waals surface area contributed by atoms with Gasteiger partial charge in [0.1, 0.15) is 0 Å². The quantitative estimate of drug-likeness (QED) is 0.661. The van der Waals surface area contributed by atoms with Gasteiger partial charge in [-0.25, -0.2) is 8.42 Å². The number of nitrogens with two attached hydrogens (primary N) is 1. The van der Waals surface area contributed by atoms with Gasteiger partial charge in [-0.05, 0) is 37.6 Å². The van der Waals surface area contributed by atoms with Gasteiger partial charge in [-0.15, -0.1) is 0 Å². The van der Waals surface area contributed by atoms with E-state index in [0.29, 0.717) is 15.6 Å². The van der Waals surface area contributed by atoms with E-state index in [4.69, 9.17) is 29.0 Å². The van der Waals surface area contributed by atoms with Crippen molar-refractivity contribution in [2.24, 2.45) is 5.84 Å². The third kappa shape index (κ3) is 2.97. The molecule has 0 aliphatic carbocycles. The summed E-state index contributed by atoms with van der Waals surface area (Å²) in [5.41, 5.74) is 3.07. The van der Waals surface area contributed by atoms with E-state index in [1.165, 1.54) is 0 Å². The molecule has 1 atom stereocenters. The molecule has 0 bridgehead atoms. The summed E-state index contributed by atoms with van der Waals surface area (Å²) in [7, 11) is -3.34. The van der Waals surface area contributed by atoms with E-state index in [9.17, 15) is 8.42 Å². The molecule has 0 saturated carbocycles. The van der Waals surface area contributed by atoms with Gasteiger partial charge in [0.15, 0.2) is 9.84 Å². The van der Waals surface area contributed by atoms with Crippen LogP contribution in [0.4, 0.5) is 0 Å². The SMILES string of the molecule is CC(C)(C(NN)c1cc(Cl)ccc1Cl)S(C)(=O)=O. The zero-order valence-corrected chi connectivity index (χ0v) is 12.7. The summed E-state index contributed by atoms with van der Waals surface area (Å²) in [5.74, 6) is 5.49. The minimum Gasteiger partial charge on any atom is -0.271 e. The number of sulfone groups is 1. The molecule has 1 unspecified atom stereocenters. The van der Waals surface area contributed by atoms with Crippen LogP contribution < -0.4 is 11.3 Å². The summed E-state index contributed by atoms with van der Waals surface area (Å²) in [4.78, 5) is 0. The second-order valence-corrected chi connectivity index (χ2v) is 8.08. The molecule has 0 heterocycles. The number of hydrazine groups is 1. The first-order valence-corrected chi connectivity index (χ1v) is 7.86. The van der Waals surface area contributed by atoms with Crippen LogP contribution >= 0.6 is 23.2 Å². The van der Waals surface area contributed by atoms with Gasteiger partial charge in [-0.2, -0.15) is 0 Å². The number of benzene rings is 1. The largest absolute Gasteiger partial charge is 0.271 e. The smallest absolute Gasteiger partial charge is 0.154 e. The standard InChI is InChI=1S/C11H16Cl2N2O2S/c1-11(2,18(3,16)17)10(15-14)8-6-7(12)4-5-9(8)13/h4-6,10,15H,14H2,1-3H3. The molecule has 0 aliphatic rings. The third-order valence-corrected chi connectivity index (χ3v) is 5.81. The highest BCUT2D eigenvalue weighted by Crippen LogP contribution is 2.36. The van der Waals surface area contributed by atoms with Crippen LogP contribution in [0.15, 0.2) is 18.2 Å². The maximum absolute atomic E-state index is 11.9. The van der Waals surface area contributed by atoms with E-state index >= 15 is 0 Å². The number of hydrogen-bond acceptors (Lipinski definition) is 4. The molecule has 18 heavy (non-hydrogen) atoms. The van der Waals surface area contributed by atoms with Gasteiger partial charge in [0.05, 0.1) is 10.8 Å². The van der Waals surface area contributed by atoms with Crippen LogP contribution in [0.3, 0.4) is 0 Å². The van der Waals surface area contributed by atoms with Gasteiger partial charge in [0.25, 0.3) is 0 Å². The minimum atomic E-state index is -3.34. The van der Waals surface area contributed by atoms with Crippen LogP contribution in [0.1, 0.15) is 25.5 Å². The molecular formula is C11H16Cl2N2O2S. The lowest BCUT2D eigenvalue weighted by Crippen LogP contribution is -2.47. The molecule has 1 rings (SSSR count). The molecule has 3 N–H and O–H groups in total. The van der Waals surface area contributed by atoms with Gasteiger partial charge >= 0.3 is 0 Å². The molecule has 102 valence electrons. The lowest BCUT2D eigenvalue weighted by Gasteiger charge is -2.33. The van der Waals surface area contributed by atoms with Crippen LogP contribution in [0, 0.1) is 0 Å². The van der Waals surface area contributed by atoms with Gasteiger partial charge in [-0.3, -0.25) is 11.3 Å². The molecule has 0 aliphatic heterocycles. The molecule has 0 amide bonds. The van der Waals surface area contributed by atoms with Crippen molar-refractivity contribution in [2.45, 2.75) is 24.6 Å². The topological polar surface area (TPSA) is 72.2 Å². The Kier molecular flexibility index (Phi) is 4.67. The van der Waals surface area contributed by atoms with Crippen LogP contribution in [-0.2, 0) is 9.84 Å². The Morgan fingerprint density at radius 1 is 1.33 bits per heavy atom. The van der Waals surface area contributed by atoms with E-state index in [0.717, 1.165) is 6.26 Å². The Morgan fingerprint density at radius 3 is 2.33 bits per heavy atom. The average molecular weight is 311 g/mol. The predicted octanol–water partition coefficient (Wildman–Crippen LogP) is 2.32. The van der Waals surface area contributed by atoms with Crippen molar-refractivity contribution in [2.75, 3.05) is 6.26 Å². The summed E-state index contributed by atoms with van der Waals surface area (Å²) >= 11 is 12.0. The van der Waals surface area contributed by atoms with Crippen molar-refractivity contribution < 1.29 is 8.42 Å². The Morgan fingerprint density at radius 2 is 1.89 bits per heavy atom. The molecular weight excluding hydrogens is 295 g/mol. The summed E-state index contributed by atoms with van der Waals surface area (Å²) in [6.07, 6.45) is 1.16. The average Bonchev–Trinajstić information content (AvgIpc) is 2.22. The Hall–Kier alpha value is -0.330. The molecule has 0 fully saturated rings. The molecule has 0 radical (unpaired) electrons. The first-order chi connectivity index (χ1) is 8.11. The fourth-order valence-corrected chi connectivity index (χ4v) is 2.65. The first kappa shape index (κ1) is 15.7. The lowest BCUT2D eigenvalue weighted by atomic mass is 9.95. The van der Waals surface area contributed by atoms with Crippen LogP contribution in [0.2, 0.25) is 10.0 Å². The zero-order chi connectivity index (χ0) is 14.1. The van der Waals surface area contributed by atoms with Crippen LogP contribution in [0.5, 0.6) is 0 Å². The van der Waals surface area contributed by atoms with Crippen molar-refractivity contribution in [3.8, 4) is 0 Å². The third-order valence-electron chi connectivity index (χ3n) is 3.09. The minimum absolute atomic E-state index is 0.416. The fourth-order valence-electron chi connectivity index (χ4n) is 1.61. The number of rotatable bonds is 4. The summed E-state index contributed by atoms with van der Waals surface area (Å²) in [6, 6.07) is 4.20. The van der Waals surface area contributed by atoms with Gasteiger partial charge in [0.2, 0.25) is 0 Å². The number of halogens is 2. The Balaban J connectivity index is 3.39. The highest BCUT2D eigenvalue weighted by molar-refractivity contribution is 7.92. The predicted molar refractivity (Wildman–Crippen MR) is 75.4 cm³/mol. The molecule has 0 spiro atoms. The van der Waals surface area contributed by atoms with Gasteiger partial charge < -0.3 is 0 Å². The maximum Gasteiger partial charge on any atom is 0.154 e. The van der Waals surface area contributed by atoms with Crippen LogP contribution in [0.25, 0.3) is 0 Å². The van der Waals surface area contributed by atoms with Crippen molar-refractivity contribution in [1.29, 1.82) is 0 Å². The normalized spacial score (nSPS) is 14.6. The first-order valence-electron chi connectivity index (χ1n) is 5.22. The van der Waals surface area contributed by atoms with Crippen molar-refractivity contribution >= 4 is 33.0 Å². The Bertz CT molecular complexity index is 544. The zero-order valence-electron chi connectivity index (χ0n) is 10.4. The second-order valence-electron chi connectivity index (χ2n) is 4.64. The molecule has 0 saturated heterocycles. The lowest BCUT2D eigenvalue weighted by molar-refractivity contribution is 0.428. The molecule has 1 aromatic carbocycles. The Labute approximate surface area is 117 Å². The van der Waals surface area contributed by atoms with Crippen molar-refractivity contribution in [3.05, 3.63) is 33.8 Å². The molecule has 1 aromatic rings.